The quantitative estimate of drug-likeness (QED) is 0.154. The molecule has 1 heteroatoms. The van der Waals surface area contributed by atoms with Crippen LogP contribution in [0.3, 0.4) is 0 Å². The summed E-state index contributed by atoms with van der Waals surface area (Å²) in [6, 6.07) is 4.51. The third-order valence-corrected chi connectivity index (χ3v) is 9.87. The van der Waals surface area contributed by atoms with Crippen molar-refractivity contribution in [2.45, 2.75) is 0 Å². The summed E-state index contributed by atoms with van der Waals surface area (Å²) in [7, 11) is 0. The molecule has 0 aliphatic rings. The third-order valence-electron chi connectivity index (χ3n) is 9.87. The summed E-state index contributed by atoms with van der Waals surface area (Å²) in [5, 5.41) is 1.72. The molecular formula is C56H36O. The van der Waals surface area contributed by atoms with Gasteiger partial charge in [-0.1, -0.05) is 200 Å². The van der Waals surface area contributed by atoms with Gasteiger partial charge in [-0.25, -0.2) is 0 Å². The fourth-order valence-electron chi connectivity index (χ4n) is 7.33. The largest absolute Gasteiger partial charge is 0.455 e. The van der Waals surface area contributed by atoms with Crippen LogP contribution in [0.1, 0.15) is 31.5 Å². The molecule has 0 radical (unpaired) electrons. The van der Waals surface area contributed by atoms with Crippen LogP contribution < -0.4 is 0 Å². The molecule has 0 bridgehead atoms. The van der Waals surface area contributed by atoms with E-state index in [9.17, 15) is 11.0 Å². The van der Waals surface area contributed by atoms with Crippen molar-refractivity contribution in [3.63, 3.8) is 0 Å². The Hall–Kier alpha value is -7.48. The zero-order chi connectivity index (χ0) is 57.7. The maximum atomic E-state index is 9.77. The molecule has 1 nitrogen and oxygen atoms in total. The SMILES string of the molecule is [2H]c1c([2H])c([2H])c(-c2ccc3c(-c4c([2H])c([2H])c(-c5c([2H])c([2H])c([2H])c([2H])c5[2H])c([2H])c4[2H])c4cc(-c5cccc6c5oc5ccccc56)ccc4c(-c4c([2H])c([2H])c(-c5c([2H])c([2H])c([2H])c([2H])c5[2H])c([2H])c4[2H])c3c2)c([2H])c1[2H]. The van der Waals surface area contributed by atoms with Gasteiger partial charge in [0.1, 0.15) is 11.2 Å². The summed E-state index contributed by atoms with van der Waals surface area (Å²) in [6.07, 6.45) is 0. The smallest absolute Gasteiger partial charge is 0.143 e. The average molecular weight is 748 g/mol. The molecule has 57 heavy (non-hydrogen) atoms. The molecule has 0 aliphatic heterocycles. The highest BCUT2D eigenvalue weighted by molar-refractivity contribution is 6.23. The molecule has 0 N–H and O–H groups in total. The third kappa shape index (κ3) is 5.72. The van der Waals surface area contributed by atoms with Crippen molar-refractivity contribution < 1.29 is 35.9 Å². The van der Waals surface area contributed by atoms with Crippen LogP contribution in [-0.4, -0.2) is 0 Å². The summed E-state index contributed by atoms with van der Waals surface area (Å²) in [6.45, 7) is 0. The van der Waals surface area contributed by atoms with Crippen LogP contribution >= 0.6 is 0 Å². The van der Waals surface area contributed by atoms with Crippen molar-refractivity contribution >= 4 is 43.5 Å². The molecule has 0 spiro atoms. The second kappa shape index (κ2) is 13.7. The van der Waals surface area contributed by atoms with Gasteiger partial charge in [0.05, 0.1) is 31.5 Å². The summed E-state index contributed by atoms with van der Waals surface area (Å²) in [5.41, 5.74) is -1.65. The Labute approximate surface area is 364 Å². The summed E-state index contributed by atoms with van der Waals surface area (Å²) >= 11 is 0. The van der Waals surface area contributed by atoms with Crippen molar-refractivity contribution in [2.24, 2.45) is 0 Å². The zero-order valence-electron chi connectivity index (χ0n) is 52.4. The Morgan fingerprint density at radius 3 is 1.30 bits per heavy atom. The molecule has 0 atom stereocenters. The van der Waals surface area contributed by atoms with E-state index in [-0.39, 0.29) is 49.4 Å². The van der Waals surface area contributed by atoms with Crippen LogP contribution in [0.15, 0.2) is 222 Å². The summed E-state index contributed by atoms with van der Waals surface area (Å²) in [5.74, 6) is 0. The molecule has 10 aromatic carbocycles. The van der Waals surface area contributed by atoms with E-state index in [2.05, 4.69) is 0 Å². The molecule has 1 heterocycles. The number of furan rings is 1. The molecule has 0 aliphatic carbocycles. The Morgan fingerprint density at radius 1 is 0.298 bits per heavy atom. The van der Waals surface area contributed by atoms with Crippen LogP contribution in [0.5, 0.6) is 0 Å². The van der Waals surface area contributed by atoms with Crippen LogP contribution in [0.4, 0.5) is 0 Å². The molecule has 11 aromatic rings. The number of hydrogen-bond donors (Lipinski definition) is 0. The minimum absolute atomic E-state index is 0.0173. The molecule has 0 saturated carbocycles. The molecular weight excluding hydrogens is 689 g/mol. The second-order valence-corrected chi connectivity index (χ2v) is 13.1. The number of para-hydroxylation sites is 2. The second-order valence-electron chi connectivity index (χ2n) is 13.1. The highest BCUT2D eigenvalue weighted by Gasteiger charge is 2.20. The lowest BCUT2D eigenvalue weighted by Crippen LogP contribution is -1.93. The van der Waals surface area contributed by atoms with Gasteiger partial charge in [-0.2, -0.15) is 0 Å². The van der Waals surface area contributed by atoms with Crippen molar-refractivity contribution in [3.8, 4) is 66.8 Å². The van der Waals surface area contributed by atoms with E-state index in [1.165, 1.54) is 18.2 Å². The first kappa shape index (κ1) is 17.1. The lowest BCUT2D eigenvalue weighted by Gasteiger charge is -2.20. The van der Waals surface area contributed by atoms with Gasteiger partial charge in [-0.05, 0) is 101 Å². The van der Waals surface area contributed by atoms with Gasteiger partial charge < -0.3 is 4.42 Å². The first-order chi connectivity index (χ1) is 37.8. The van der Waals surface area contributed by atoms with Gasteiger partial charge in [0.15, 0.2) is 0 Å². The Balaban J connectivity index is 1.35. The van der Waals surface area contributed by atoms with Crippen LogP contribution in [-0.2, 0) is 0 Å². The maximum absolute atomic E-state index is 9.77. The molecule has 0 saturated heterocycles. The summed E-state index contributed by atoms with van der Waals surface area (Å²) in [4.78, 5) is 0. The van der Waals surface area contributed by atoms with E-state index in [0.29, 0.717) is 22.3 Å². The predicted molar refractivity (Wildman–Crippen MR) is 241 cm³/mol. The Bertz CT molecular complexity index is 4490. The van der Waals surface area contributed by atoms with E-state index < -0.39 is 167 Å². The number of fused-ring (bicyclic) bond motifs is 5. The van der Waals surface area contributed by atoms with Gasteiger partial charge in [0.25, 0.3) is 0 Å². The lowest BCUT2D eigenvalue weighted by molar-refractivity contribution is 0.670. The lowest BCUT2D eigenvalue weighted by atomic mass is 9.83. The normalized spacial score (nSPS) is 17.2. The van der Waals surface area contributed by atoms with Crippen molar-refractivity contribution in [1.29, 1.82) is 0 Å². The number of benzene rings is 10. The number of rotatable bonds is 6. The molecule has 0 amide bonds. The fourth-order valence-corrected chi connectivity index (χ4v) is 7.33. The Morgan fingerprint density at radius 2 is 0.737 bits per heavy atom. The monoisotopic (exact) mass is 747 g/mol. The van der Waals surface area contributed by atoms with Gasteiger partial charge in [0.2, 0.25) is 0 Å². The first-order valence-electron chi connectivity index (χ1n) is 29.2. The van der Waals surface area contributed by atoms with E-state index in [0.717, 1.165) is 10.8 Å². The van der Waals surface area contributed by atoms with Gasteiger partial charge in [-0.15, -0.1) is 0 Å². The first-order valence-corrected chi connectivity index (χ1v) is 17.7. The molecule has 11 rings (SSSR count). The van der Waals surface area contributed by atoms with Crippen LogP contribution in [0.2, 0.25) is 0 Å². The minimum Gasteiger partial charge on any atom is -0.455 e. The van der Waals surface area contributed by atoms with Gasteiger partial charge in [0, 0.05) is 16.3 Å². The fraction of sp³-hybridized carbons (Fsp3) is 0. The minimum atomic E-state index is -0.817. The van der Waals surface area contributed by atoms with E-state index in [1.54, 1.807) is 36.4 Å². The van der Waals surface area contributed by atoms with Crippen molar-refractivity contribution in [3.05, 3.63) is 218 Å². The zero-order valence-corrected chi connectivity index (χ0v) is 29.4. The van der Waals surface area contributed by atoms with E-state index in [1.807, 2.05) is 24.3 Å². The highest BCUT2D eigenvalue weighted by Crippen LogP contribution is 2.47. The number of hydrogen-bond acceptors (Lipinski definition) is 1. The van der Waals surface area contributed by atoms with Gasteiger partial charge >= 0.3 is 0 Å². The molecule has 0 unspecified atom stereocenters. The molecule has 0 fully saturated rings. The molecule has 266 valence electrons. The average Bonchev–Trinajstić information content (AvgIpc) is 4.00. The van der Waals surface area contributed by atoms with Crippen molar-refractivity contribution in [2.75, 3.05) is 0 Å². The van der Waals surface area contributed by atoms with Crippen molar-refractivity contribution in [1.82, 2.24) is 0 Å². The van der Waals surface area contributed by atoms with E-state index >= 15 is 0 Å². The topological polar surface area (TPSA) is 13.1 Å². The van der Waals surface area contributed by atoms with Crippen LogP contribution in [0.25, 0.3) is 110 Å². The predicted octanol–water partition coefficient (Wildman–Crippen LogP) is 15.9. The van der Waals surface area contributed by atoms with Crippen LogP contribution in [0, 0.1) is 0 Å². The Kier molecular flexibility index (Phi) is 4.11. The van der Waals surface area contributed by atoms with Gasteiger partial charge in [-0.3, -0.25) is 0 Å². The maximum Gasteiger partial charge on any atom is 0.143 e. The van der Waals surface area contributed by atoms with E-state index in [4.69, 9.17) is 25.0 Å². The highest BCUT2D eigenvalue weighted by atomic mass is 16.3. The molecule has 1 aromatic heterocycles. The summed E-state index contributed by atoms with van der Waals surface area (Å²) < 4.78 is 212. The standard InChI is InChI=1S/C56H36O/c1-4-13-37(14-5-1)40-23-27-42(28-24-40)54-49-34-32-45(46-20-12-21-50-47-19-10-11-22-53(47)57-56(46)50)36-52(49)55(43-29-25-41(26-30-43)38-15-6-2-7-16-38)48-33-31-44(35-51(48)54)39-17-8-3-9-18-39/h1-36H/i1D,2D,3D,4D,5D,6D,7D,8D,9D,13D,14D,15D,16D,17D,18D,23D,24D,25D,26D,27D,28D,29D,30D.